The van der Waals surface area contributed by atoms with E-state index in [1.165, 1.54) is 5.56 Å². The van der Waals surface area contributed by atoms with Crippen LogP contribution in [0.4, 0.5) is 4.39 Å². The Morgan fingerprint density at radius 1 is 1.33 bits per heavy atom. The van der Waals surface area contributed by atoms with E-state index in [2.05, 4.69) is 32.2 Å². The van der Waals surface area contributed by atoms with Gasteiger partial charge in [-0.1, -0.05) is 31.5 Å². The summed E-state index contributed by atoms with van der Waals surface area (Å²) in [6.07, 6.45) is 0.451. The summed E-state index contributed by atoms with van der Waals surface area (Å²) in [4.78, 5) is 0. The zero-order chi connectivity index (χ0) is 13.4. The van der Waals surface area contributed by atoms with Crippen molar-refractivity contribution in [3.05, 3.63) is 29.3 Å². The van der Waals surface area contributed by atoms with Crippen LogP contribution < -0.4 is 10.1 Å². The second-order valence-electron chi connectivity index (χ2n) is 5.03. The molecular weight excluding hydrogens is 229 g/mol. The zero-order valence-electron chi connectivity index (χ0n) is 11.6. The van der Waals surface area contributed by atoms with Gasteiger partial charge in [0, 0.05) is 18.5 Å². The van der Waals surface area contributed by atoms with Crippen molar-refractivity contribution < 1.29 is 9.13 Å². The lowest BCUT2D eigenvalue weighted by Crippen LogP contribution is -2.19. The molecule has 0 unspecified atom stereocenters. The standard InChI is InChI=1S/C15H24FNO/c1-12(2)10-17-11-14-9-13(3)5-6-15(14)18-8-4-7-16/h5-6,9,12,17H,4,7-8,10-11H2,1-3H3. The smallest absolute Gasteiger partial charge is 0.123 e. The van der Waals surface area contributed by atoms with Gasteiger partial charge in [-0.15, -0.1) is 0 Å². The third kappa shape index (κ3) is 5.50. The summed E-state index contributed by atoms with van der Waals surface area (Å²) in [5, 5.41) is 3.41. The molecule has 0 heterocycles. The Balaban J connectivity index is 2.58. The molecule has 0 saturated carbocycles. The van der Waals surface area contributed by atoms with Gasteiger partial charge in [-0.05, 0) is 25.5 Å². The Kier molecular flexibility index (Phi) is 6.73. The molecule has 0 fully saturated rings. The molecule has 0 atom stereocenters. The van der Waals surface area contributed by atoms with Crippen LogP contribution in [-0.2, 0) is 6.54 Å². The summed E-state index contributed by atoms with van der Waals surface area (Å²) in [5.41, 5.74) is 2.36. The van der Waals surface area contributed by atoms with Crippen LogP contribution in [-0.4, -0.2) is 19.8 Å². The lowest BCUT2D eigenvalue weighted by molar-refractivity contribution is 0.286. The van der Waals surface area contributed by atoms with Crippen molar-refractivity contribution >= 4 is 0 Å². The molecule has 1 rings (SSSR count). The third-order valence-corrected chi connectivity index (χ3v) is 2.62. The Bertz CT molecular complexity index is 352. The van der Waals surface area contributed by atoms with E-state index >= 15 is 0 Å². The van der Waals surface area contributed by atoms with E-state index in [0.29, 0.717) is 18.9 Å². The molecule has 1 aromatic carbocycles. The topological polar surface area (TPSA) is 21.3 Å². The maximum absolute atomic E-state index is 12.1. The highest BCUT2D eigenvalue weighted by molar-refractivity contribution is 5.36. The number of benzene rings is 1. The van der Waals surface area contributed by atoms with E-state index in [9.17, 15) is 4.39 Å². The van der Waals surface area contributed by atoms with Crippen LogP contribution in [0.3, 0.4) is 0 Å². The van der Waals surface area contributed by atoms with E-state index in [4.69, 9.17) is 4.74 Å². The van der Waals surface area contributed by atoms with Crippen LogP contribution in [0.25, 0.3) is 0 Å². The fourth-order valence-corrected chi connectivity index (χ4v) is 1.72. The van der Waals surface area contributed by atoms with Crippen LogP contribution >= 0.6 is 0 Å². The van der Waals surface area contributed by atoms with Gasteiger partial charge in [0.1, 0.15) is 5.75 Å². The average molecular weight is 253 g/mol. The van der Waals surface area contributed by atoms with Gasteiger partial charge < -0.3 is 10.1 Å². The minimum Gasteiger partial charge on any atom is -0.493 e. The summed E-state index contributed by atoms with van der Waals surface area (Å²) in [6.45, 7) is 8.33. The summed E-state index contributed by atoms with van der Waals surface area (Å²) in [7, 11) is 0. The zero-order valence-corrected chi connectivity index (χ0v) is 11.6. The molecule has 1 aromatic rings. The Hall–Kier alpha value is -1.09. The van der Waals surface area contributed by atoms with Gasteiger partial charge in [-0.3, -0.25) is 4.39 Å². The van der Waals surface area contributed by atoms with Crippen molar-refractivity contribution in [3.63, 3.8) is 0 Å². The summed E-state index contributed by atoms with van der Waals surface area (Å²) >= 11 is 0. The van der Waals surface area contributed by atoms with Crippen molar-refractivity contribution in [1.29, 1.82) is 0 Å². The van der Waals surface area contributed by atoms with E-state index in [1.54, 1.807) is 0 Å². The number of nitrogens with one attached hydrogen (secondary N) is 1. The quantitative estimate of drug-likeness (QED) is 0.716. The first-order chi connectivity index (χ1) is 8.63. The fourth-order valence-electron chi connectivity index (χ4n) is 1.72. The van der Waals surface area contributed by atoms with Crippen LogP contribution in [0, 0.1) is 12.8 Å². The predicted molar refractivity (Wildman–Crippen MR) is 73.8 cm³/mol. The highest BCUT2D eigenvalue weighted by Crippen LogP contribution is 2.20. The van der Waals surface area contributed by atoms with Crippen LogP contribution in [0.2, 0.25) is 0 Å². The van der Waals surface area contributed by atoms with Crippen LogP contribution in [0.5, 0.6) is 5.75 Å². The number of alkyl halides is 1. The third-order valence-electron chi connectivity index (χ3n) is 2.62. The van der Waals surface area contributed by atoms with Gasteiger partial charge in [0.15, 0.2) is 0 Å². The molecule has 2 nitrogen and oxygen atoms in total. The van der Waals surface area contributed by atoms with Crippen molar-refractivity contribution in [3.8, 4) is 5.75 Å². The van der Waals surface area contributed by atoms with Crippen LogP contribution in [0.15, 0.2) is 18.2 Å². The first kappa shape index (κ1) is 15.0. The van der Waals surface area contributed by atoms with Gasteiger partial charge in [-0.2, -0.15) is 0 Å². The fraction of sp³-hybridized carbons (Fsp3) is 0.600. The predicted octanol–water partition coefficient (Wildman–Crippen LogP) is 3.48. The molecule has 0 aliphatic rings. The Morgan fingerprint density at radius 2 is 2.11 bits per heavy atom. The normalized spacial score (nSPS) is 10.9. The van der Waals surface area contributed by atoms with Gasteiger partial charge >= 0.3 is 0 Å². The lowest BCUT2D eigenvalue weighted by atomic mass is 10.1. The number of aryl methyl sites for hydroxylation is 1. The molecule has 3 heteroatoms. The molecule has 18 heavy (non-hydrogen) atoms. The van der Waals surface area contributed by atoms with Crippen molar-refractivity contribution in [2.75, 3.05) is 19.8 Å². The number of halogens is 1. The molecule has 1 N–H and O–H groups in total. The lowest BCUT2D eigenvalue weighted by Gasteiger charge is -2.13. The largest absolute Gasteiger partial charge is 0.493 e. The molecule has 0 bridgehead atoms. The molecule has 0 aliphatic carbocycles. The first-order valence-electron chi connectivity index (χ1n) is 6.62. The van der Waals surface area contributed by atoms with Gasteiger partial charge in [0.2, 0.25) is 0 Å². The van der Waals surface area contributed by atoms with Gasteiger partial charge in [0.25, 0.3) is 0 Å². The summed E-state index contributed by atoms with van der Waals surface area (Å²) < 4.78 is 17.7. The average Bonchev–Trinajstić information content (AvgIpc) is 2.31. The summed E-state index contributed by atoms with van der Waals surface area (Å²) in [5.74, 6) is 1.50. The van der Waals surface area contributed by atoms with E-state index in [1.807, 2.05) is 12.1 Å². The second kappa shape index (κ2) is 8.09. The van der Waals surface area contributed by atoms with Crippen LogP contribution in [0.1, 0.15) is 31.4 Å². The van der Waals surface area contributed by atoms with Crippen molar-refractivity contribution in [2.24, 2.45) is 5.92 Å². The SMILES string of the molecule is Cc1ccc(OCCCF)c(CNCC(C)C)c1. The minimum atomic E-state index is -0.327. The molecule has 0 spiro atoms. The molecule has 0 saturated heterocycles. The number of hydrogen-bond donors (Lipinski definition) is 1. The molecule has 0 radical (unpaired) electrons. The molecular formula is C15H24FNO. The Morgan fingerprint density at radius 3 is 2.78 bits per heavy atom. The monoisotopic (exact) mass is 253 g/mol. The van der Waals surface area contributed by atoms with E-state index in [-0.39, 0.29) is 6.67 Å². The second-order valence-corrected chi connectivity index (χ2v) is 5.03. The van der Waals surface area contributed by atoms with Crippen molar-refractivity contribution in [2.45, 2.75) is 33.7 Å². The Labute approximate surface area is 110 Å². The maximum Gasteiger partial charge on any atom is 0.123 e. The summed E-state index contributed by atoms with van der Waals surface area (Å²) in [6, 6.07) is 6.12. The minimum absolute atomic E-state index is 0.327. The van der Waals surface area contributed by atoms with E-state index in [0.717, 1.165) is 24.4 Å². The van der Waals surface area contributed by atoms with Crippen molar-refractivity contribution in [1.82, 2.24) is 5.32 Å². The highest BCUT2D eigenvalue weighted by Gasteiger charge is 2.04. The van der Waals surface area contributed by atoms with Gasteiger partial charge in [0.05, 0.1) is 13.3 Å². The maximum atomic E-state index is 12.1. The number of ether oxygens (including phenoxy) is 1. The molecule has 102 valence electrons. The molecule has 0 amide bonds. The van der Waals surface area contributed by atoms with Gasteiger partial charge in [-0.25, -0.2) is 0 Å². The highest BCUT2D eigenvalue weighted by atomic mass is 19.1. The number of rotatable bonds is 8. The number of hydrogen-bond acceptors (Lipinski definition) is 2. The molecule has 0 aliphatic heterocycles. The van der Waals surface area contributed by atoms with E-state index < -0.39 is 0 Å². The first-order valence-corrected chi connectivity index (χ1v) is 6.62. The molecule has 0 aromatic heterocycles.